The molecule has 9 heteroatoms. The number of pyridine rings is 1. The van der Waals surface area contributed by atoms with Crippen molar-refractivity contribution in [3.05, 3.63) is 81.5 Å². The third-order valence-corrected chi connectivity index (χ3v) is 5.49. The van der Waals surface area contributed by atoms with Crippen molar-refractivity contribution < 1.29 is 13.3 Å². The number of hydrogen-bond donors (Lipinski definition) is 1. The zero-order chi connectivity index (χ0) is 19.6. The van der Waals surface area contributed by atoms with Crippen molar-refractivity contribution in [2.24, 2.45) is 0 Å². The Kier molecular flexibility index (Phi) is 5.11. The minimum atomic E-state index is -3.79. The van der Waals surface area contributed by atoms with E-state index in [4.69, 9.17) is 11.6 Å². The van der Waals surface area contributed by atoms with Crippen molar-refractivity contribution in [3.63, 3.8) is 0 Å². The van der Waals surface area contributed by atoms with Crippen LogP contribution in [0.15, 0.2) is 65.7 Å². The van der Waals surface area contributed by atoms with Gasteiger partial charge in [0.15, 0.2) is 0 Å². The second-order valence-corrected chi connectivity index (χ2v) is 7.87. The summed E-state index contributed by atoms with van der Waals surface area (Å²) in [5.74, 6) is 0. The molecule has 1 heterocycles. The van der Waals surface area contributed by atoms with Crippen LogP contribution in [0.2, 0.25) is 5.02 Å². The average molecular weight is 404 g/mol. The predicted molar refractivity (Wildman–Crippen MR) is 103 cm³/mol. The topological polar surface area (TPSA) is 102 Å². The predicted octanol–water partition coefficient (Wildman–Crippen LogP) is 4.42. The average Bonchev–Trinajstić information content (AvgIpc) is 2.64. The maximum absolute atomic E-state index is 12.6. The molecule has 138 valence electrons. The summed E-state index contributed by atoms with van der Waals surface area (Å²) in [6, 6.07) is 13.8. The van der Waals surface area contributed by atoms with Crippen molar-refractivity contribution in [2.75, 3.05) is 4.72 Å². The summed E-state index contributed by atoms with van der Waals surface area (Å²) in [6.07, 6.45) is 1.16. The summed E-state index contributed by atoms with van der Waals surface area (Å²) in [6.45, 7) is 1.77. The summed E-state index contributed by atoms with van der Waals surface area (Å²) in [5.41, 5.74) is 2.12. The Balaban J connectivity index is 1.93. The second kappa shape index (κ2) is 7.34. The van der Waals surface area contributed by atoms with Gasteiger partial charge in [0, 0.05) is 16.7 Å². The molecule has 27 heavy (non-hydrogen) atoms. The molecule has 0 amide bonds. The fraction of sp³-hybridized carbons (Fsp3) is 0.0556. The molecule has 7 nitrogen and oxygen atoms in total. The first kappa shape index (κ1) is 18.8. The molecule has 0 spiro atoms. The number of aryl methyl sites for hydroxylation is 1. The second-order valence-electron chi connectivity index (χ2n) is 5.75. The van der Waals surface area contributed by atoms with Crippen LogP contribution in [0.1, 0.15) is 5.56 Å². The number of rotatable bonds is 5. The van der Waals surface area contributed by atoms with Crippen LogP contribution in [0.25, 0.3) is 11.3 Å². The van der Waals surface area contributed by atoms with E-state index in [1.54, 1.807) is 25.1 Å². The van der Waals surface area contributed by atoms with Crippen LogP contribution in [0, 0.1) is 17.0 Å². The molecule has 1 aromatic heterocycles. The fourth-order valence-electron chi connectivity index (χ4n) is 2.37. The lowest BCUT2D eigenvalue weighted by atomic mass is 10.1. The molecule has 1 N–H and O–H groups in total. The molecule has 2 aromatic carbocycles. The highest BCUT2D eigenvalue weighted by molar-refractivity contribution is 7.92. The van der Waals surface area contributed by atoms with E-state index in [0.717, 1.165) is 11.8 Å². The van der Waals surface area contributed by atoms with E-state index in [1.165, 1.54) is 36.4 Å². The van der Waals surface area contributed by atoms with Gasteiger partial charge in [0.05, 0.1) is 21.2 Å². The normalized spacial score (nSPS) is 11.2. The highest BCUT2D eigenvalue weighted by Crippen LogP contribution is 2.27. The zero-order valence-corrected chi connectivity index (χ0v) is 15.7. The van der Waals surface area contributed by atoms with E-state index < -0.39 is 14.9 Å². The molecule has 0 aliphatic heterocycles. The van der Waals surface area contributed by atoms with Crippen LogP contribution < -0.4 is 4.72 Å². The van der Waals surface area contributed by atoms with Gasteiger partial charge in [-0.3, -0.25) is 14.8 Å². The van der Waals surface area contributed by atoms with Gasteiger partial charge in [0.2, 0.25) is 0 Å². The standard InChI is InChI=1S/C18H14ClN3O4S/c1-12-2-3-13(17-9-6-15(11-20-17)22(23)24)10-18(12)21-27(25,26)16-7-4-14(19)5-8-16/h2-11,21H,1H3. The Bertz CT molecular complexity index is 1100. The molecule has 0 unspecified atom stereocenters. The maximum atomic E-state index is 12.6. The first-order valence-electron chi connectivity index (χ1n) is 7.76. The quantitative estimate of drug-likeness (QED) is 0.501. The van der Waals surface area contributed by atoms with Gasteiger partial charge in [-0.15, -0.1) is 0 Å². The van der Waals surface area contributed by atoms with E-state index >= 15 is 0 Å². The highest BCUT2D eigenvalue weighted by Gasteiger charge is 2.16. The highest BCUT2D eigenvalue weighted by atomic mass is 35.5. The summed E-state index contributed by atoms with van der Waals surface area (Å²) >= 11 is 5.80. The molecule has 0 atom stereocenters. The van der Waals surface area contributed by atoms with E-state index in [1.807, 2.05) is 0 Å². The van der Waals surface area contributed by atoms with E-state index in [0.29, 0.717) is 22.0 Å². The van der Waals surface area contributed by atoms with Crippen molar-refractivity contribution in [1.82, 2.24) is 4.98 Å². The third-order valence-electron chi connectivity index (χ3n) is 3.86. The molecule has 0 aliphatic carbocycles. The van der Waals surface area contributed by atoms with Crippen molar-refractivity contribution in [2.45, 2.75) is 11.8 Å². The van der Waals surface area contributed by atoms with Crippen molar-refractivity contribution in [3.8, 4) is 11.3 Å². The van der Waals surface area contributed by atoms with Crippen molar-refractivity contribution >= 4 is 33.0 Å². The minimum Gasteiger partial charge on any atom is -0.279 e. The van der Waals surface area contributed by atoms with Crippen LogP contribution in [0.4, 0.5) is 11.4 Å². The first-order chi connectivity index (χ1) is 12.8. The summed E-state index contributed by atoms with van der Waals surface area (Å²) < 4.78 is 27.7. The number of nitrogens with one attached hydrogen (secondary N) is 1. The third kappa shape index (κ3) is 4.24. The fourth-order valence-corrected chi connectivity index (χ4v) is 3.62. The number of benzene rings is 2. The molecule has 0 saturated carbocycles. The van der Waals surface area contributed by atoms with Crippen LogP contribution >= 0.6 is 11.6 Å². The minimum absolute atomic E-state index is 0.0881. The van der Waals surface area contributed by atoms with Crippen LogP contribution in [0.3, 0.4) is 0 Å². The molecule has 3 aromatic rings. The van der Waals surface area contributed by atoms with Crippen LogP contribution in [0.5, 0.6) is 0 Å². The van der Waals surface area contributed by atoms with Gasteiger partial charge >= 0.3 is 0 Å². The number of nitro groups is 1. The lowest BCUT2D eigenvalue weighted by Gasteiger charge is -2.12. The lowest BCUT2D eigenvalue weighted by molar-refractivity contribution is -0.385. The van der Waals surface area contributed by atoms with E-state index in [2.05, 4.69) is 9.71 Å². The number of hydrogen-bond acceptors (Lipinski definition) is 5. The summed E-state index contributed by atoms with van der Waals surface area (Å²) in [4.78, 5) is 14.4. The number of nitrogens with zero attached hydrogens (tertiary/aromatic N) is 2. The van der Waals surface area contributed by atoms with Gasteiger partial charge in [-0.05, 0) is 48.9 Å². The Morgan fingerprint density at radius 2 is 1.78 bits per heavy atom. The molecule has 0 aliphatic rings. The molecule has 3 rings (SSSR count). The number of sulfonamides is 1. The Morgan fingerprint density at radius 3 is 2.37 bits per heavy atom. The van der Waals surface area contributed by atoms with Gasteiger partial charge in [-0.25, -0.2) is 13.4 Å². The first-order valence-corrected chi connectivity index (χ1v) is 9.62. The molecule has 0 bridgehead atoms. The maximum Gasteiger partial charge on any atom is 0.287 e. The van der Waals surface area contributed by atoms with Gasteiger partial charge in [-0.1, -0.05) is 23.7 Å². The van der Waals surface area contributed by atoms with Gasteiger partial charge in [-0.2, -0.15) is 0 Å². The summed E-state index contributed by atoms with van der Waals surface area (Å²) in [5, 5.41) is 11.2. The number of aromatic nitrogens is 1. The monoisotopic (exact) mass is 403 g/mol. The molecular formula is C18H14ClN3O4S. The van der Waals surface area contributed by atoms with Crippen molar-refractivity contribution in [1.29, 1.82) is 0 Å². The SMILES string of the molecule is Cc1ccc(-c2ccc([N+](=O)[O-])cn2)cc1NS(=O)(=O)c1ccc(Cl)cc1. The Hall–Kier alpha value is -2.97. The van der Waals surface area contributed by atoms with E-state index in [-0.39, 0.29) is 10.6 Å². The van der Waals surface area contributed by atoms with E-state index in [9.17, 15) is 18.5 Å². The zero-order valence-electron chi connectivity index (χ0n) is 14.1. The van der Waals surface area contributed by atoms with Crippen LogP contribution in [-0.4, -0.2) is 18.3 Å². The Morgan fingerprint density at radius 1 is 1.07 bits per heavy atom. The Labute approximate surface area is 160 Å². The van der Waals surface area contributed by atoms with Crippen LogP contribution in [-0.2, 0) is 10.0 Å². The molecular weight excluding hydrogens is 390 g/mol. The summed E-state index contributed by atoms with van der Waals surface area (Å²) in [7, 11) is -3.79. The number of anilines is 1. The van der Waals surface area contributed by atoms with Gasteiger partial charge in [0.25, 0.3) is 15.7 Å². The number of halogens is 1. The molecule has 0 radical (unpaired) electrons. The van der Waals surface area contributed by atoms with Gasteiger partial charge < -0.3 is 0 Å². The molecule has 0 saturated heterocycles. The smallest absolute Gasteiger partial charge is 0.279 e. The largest absolute Gasteiger partial charge is 0.287 e. The lowest BCUT2D eigenvalue weighted by Crippen LogP contribution is -2.13. The van der Waals surface area contributed by atoms with Gasteiger partial charge in [0.1, 0.15) is 6.20 Å². The molecule has 0 fully saturated rings.